The van der Waals surface area contributed by atoms with Crippen molar-refractivity contribution in [3.8, 4) is 11.4 Å². The van der Waals surface area contributed by atoms with Crippen LogP contribution < -0.4 is 9.46 Å². The van der Waals surface area contributed by atoms with E-state index in [1.165, 1.54) is 25.3 Å². The highest BCUT2D eigenvalue weighted by molar-refractivity contribution is 7.89. The van der Waals surface area contributed by atoms with Gasteiger partial charge in [-0.1, -0.05) is 12.1 Å². The van der Waals surface area contributed by atoms with Crippen molar-refractivity contribution in [2.24, 2.45) is 0 Å². The molecule has 0 bridgehead atoms. The number of carbonyl (C=O) groups is 1. The van der Waals surface area contributed by atoms with Crippen molar-refractivity contribution in [2.75, 3.05) is 20.2 Å². The monoisotopic (exact) mass is 454 g/mol. The second kappa shape index (κ2) is 9.13. The van der Waals surface area contributed by atoms with Gasteiger partial charge in [-0.15, -0.1) is 0 Å². The van der Waals surface area contributed by atoms with Crippen molar-refractivity contribution in [2.45, 2.75) is 31.2 Å². The molecule has 1 amide bonds. The lowest BCUT2D eigenvalue weighted by atomic mass is 10.1. The molecule has 1 aliphatic heterocycles. The zero-order valence-corrected chi connectivity index (χ0v) is 18.9. The lowest BCUT2D eigenvalue weighted by Gasteiger charge is -2.18. The third kappa shape index (κ3) is 4.53. The summed E-state index contributed by atoms with van der Waals surface area (Å²) in [7, 11) is -2.34. The Morgan fingerprint density at radius 3 is 2.47 bits per heavy atom. The van der Waals surface area contributed by atoms with E-state index in [0.29, 0.717) is 18.8 Å². The van der Waals surface area contributed by atoms with E-state index in [9.17, 15) is 13.2 Å². The molecule has 168 valence electrons. The first-order valence-corrected chi connectivity index (χ1v) is 11.9. The number of sulfonamides is 1. The Kier molecular flexibility index (Phi) is 6.29. The van der Waals surface area contributed by atoms with Crippen LogP contribution in [0.1, 0.15) is 34.6 Å². The molecule has 0 aliphatic carbocycles. The van der Waals surface area contributed by atoms with Crippen LogP contribution in [0.25, 0.3) is 5.69 Å². The zero-order valence-electron chi connectivity index (χ0n) is 18.1. The van der Waals surface area contributed by atoms with E-state index in [2.05, 4.69) is 9.71 Å². The molecule has 9 heteroatoms. The van der Waals surface area contributed by atoms with E-state index < -0.39 is 10.0 Å². The fraction of sp³-hybridized carbons (Fsp3) is 0.304. The molecule has 1 aliphatic rings. The zero-order chi connectivity index (χ0) is 22.7. The molecule has 8 nitrogen and oxygen atoms in total. The Morgan fingerprint density at radius 1 is 1.12 bits per heavy atom. The summed E-state index contributed by atoms with van der Waals surface area (Å²) in [6, 6.07) is 11.9. The van der Waals surface area contributed by atoms with Gasteiger partial charge in [0.2, 0.25) is 10.0 Å². The van der Waals surface area contributed by atoms with Crippen LogP contribution in [0.3, 0.4) is 0 Å². The van der Waals surface area contributed by atoms with Gasteiger partial charge in [0.25, 0.3) is 5.91 Å². The van der Waals surface area contributed by atoms with E-state index in [0.717, 1.165) is 29.9 Å². The van der Waals surface area contributed by atoms with E-state index in [-0.39, 0.29) is 22.9 Å². The normalized spacial score (nSPS) is 14.0. The minimum atomic E-state index is -3.81. The Hall–Kier alpha value is -3.17. The number of amides is 1. The highest BCUT2D eigenvalue weighted by Crippen LogP contribution is 2.25. The van der Waals surface area contributed by atoms with Crippen LogP contribution in [0, 0.1) is 6.92 Å². The molecule has 0 atom stereocenters. The molecule has 2 aromatic carbocycles. The van der Waals surface area contributed by atoms with Crippen molar-refractivity contribution < 1.29 is 17.9 Å². The molecular formula is C23H26N4O4S. The number of hydrogen-bond donors (Lipinski definition) is 1. The number of hydrogen-bond acceptors (Lipinski definition) is 5. The van der Waals surface area contributed by atoms with Gasteiger partial charge in [0, 0.05) is 37.7 Å². The molecular weight excluding hydrogens is 428 g/mol. The largest absolute Gasteiger partial charge is 0.496 e. The quantitative estimate of drug-likeness (QED) is 0.593. The number of aromatic nitrogens is 2. The van der Waals surface area contributed by atoms with E-state index in [4.69, 9.17) is 4.74 Å². The first-order valence-electron chi connectivity index (χ1n) is 10.5. The molecule has 3 aromatic rings. The number of nitrogens with one attached hydrogen (secondary N) is 1. The van der Waals surface area contributed by atoms with Gasteiger partial charge in [-0.2, -0.15) is 0 Å². The van der Waals surface area contributed by atoms with Crippen molar-refractivity contribution in [3.05, 3.63) is 71.8 Å². The molecule has 1 saturated heterocycles. The molecule has 32 heavy (non-hydrogen) atoms. The summed E-state index contributed by atoms with van der Waals surface area (Å²) in [5, 5.41) is 0. The minimum absolute atomic E-state index is 0.0338. The summed E-state index contributed by atoms with van der Waals surface area (Å²) in [6.45, 7) is 3.39. The van der Waals surface area contributed by atoms with Crippen LogP contribution in [0.4, 0.5) is 0 Å². The highest BCUT2D eigenvalue weighted by atomic mass is 32.2. The van der Waals surface area contributed by atoms with Crippen LogP contribution in [-0.2, 0) is 16.6 Å². The maximum atomic E-state index is 12.9. The molecule has 0 unspecified atom stereocenters. The molecule has 2 heterocycles. The van der Waals surface area contributed by atoms with Gasteiger partial charge in [0.1, 0.15) is 11.6 Å². The van der Waals surface area contributed by atoms with Crippen molar-refractivity contribution >= 4 is 15.9 Å². The van der Waals surface area contributed by atoms with Gasteiger partial charge in [-0.05, 0) is 55.7 Å². The minimum Gasteiger partial charge on any atom is -0.496 e. The smallest absolute Gasteiger partial charge is 0.257 e. The summed E-state index contributed by atoms with van der Waals surface area (Å²) in [4.78, 5) is 18.8. The number of methoxy groups -OCH3 is 1. The van der Waals surface area contributed by atoms with Crippen molar-refractivity contribution in [3.63, 3.8) is 0 Å². The number of benzene rings is 2. The first kappa shape index (κ1) is 22.0. The SMILES string of the molecule is COc1ccc(S(=O)(=O)NCc2ccc(-n3ccnc3C)cc2)cc1C(=O)N1CCCC1. The van der Waals surface area contributed by atoms with Gasteiger partial charge >= 0.3 is 0 Å². The maximum Gasteiger partial charge on any atom is 0.257 e. The number of ether oxygens (including phenoxy) is 1. The first-order chi connectivity index (χ1) is 15.4. The summed E-state index contributed by atoms with van der Waals surface area (Å²) in [5.74, 6) is 1.03. The standard InChI is InChI=1S/C23H26N4O4S/c1-17-24-11-14-27(17)19-7-5-18(6-8-19)16-25-32(29,30)20-9-10-22(31-2)21(15-20)23(28)26-12-3-4-13-26/h5-11,14-15,25H,3-4,12-13,16H2,1-2H3. The second-order valence-electron chi connectivity index (χ2n) is 7.70. The Labute approximate surface area is 187 Å². The summed E-state index contributed by atoms with van der Waals surface area (Å²) >= 11 is 0. The third-order valence-electron chi connectivity index (χ3n) is 5.61. The number of aryl methyl sites for hydroxylation is 1. The maximum absolute atomic E-state index is 12.9. The van der Waals surface area contributed by atoms with Crippen LogP contribution >= 0.6 is 0 Å². The van der Waals surface area contributed by atoms with Gasteiger partial charge in [0.15, 0.2) is 0 Å². The fourth-order valence-corrected chi connectivity index (χ4v) is 4.84. The summed E-state index contributed by atoms with van der Waals surface area (Å²) < 4.78 is 35.7. The van der Waals surface area contributed by atoms with E-state index >= 15 is 0 Å². The molecule has 0 saturated carbocycles. The Bertz CT molecular complexity index is 1210. The van der Waals surface area contributed by atoms with E-state index in [1.54, 1.807) is 11.1 Å². The molecule has 1 fully saturated rings. The predicted octanol–water partition coefficient (Wildman–Crippen LogP) is 2.90. The average molecular weight is 455 g/mol. The van der Waals surface area contributed by atoms with E-state index in [1.807, 2.05) is 42.0 Å². The molecule has 4 rings (SSSR count). The number of imidazole rings is 1. The van der Waals surface area contributed by atoms with Crippen LogP contribution in [-0.4, -0.2) is 49.0 Å². The topological polar surface area (TPSA) is 93.5 Å². The highest BCUT2D eigenvalue weighted by Gasteiger charge is 2.25. The Balaban J connectivity index is 1.50. The third-order valence-corrected chi connectivity index (χ3v) is 7.01. The van der Waals surface area contributed by atoms with Gasteiger partial charge in [-0.25, -0.2) is 18.1 Å². The summed E-state index contributed by atoms with van der Waals surface area (Å²) in [5.41, 5.74) is 2.03. The van der Waals surface area contributed by atoms with Crippen molar-refractivity contribution in [1.29, 1.82) is 0 Å². The van der Waals surface area contributed by atoms with Crippen LogP contribution in [0.15, 0.2) is 59.8 Å². The number of likely N-dealkylation sites (tertiary alicyclic amines) is 1. The summed E-state index contributed by atoms with van der Waals surface area (Å²) in [6.07, 6.45) is 5.51. The van der Waals surface area contributed by atoms with Gasteiger partial charge < -0.3 is 14.2 Å². The molecule has 0 spiro atoms. The van der Waals surface area contributed by atoms with Gasteiger partial charge in [0.05, 0.1) is 17.6 Å². The number of carbonyl (C=O) groups excluding carboxylic acids is 1. The Morgan fingerprint density at radius 2 is 1.84 bits per heavy atom. The fourth-order valence-electron chi connectivity index (χ4n) is 3.80. The lowest BCUT2D eigenvalue weighted by Crippen LogP contribution is -2.29. The van der Waals surface area contributed by atoms with Crippen LogP contribution in [0.2, 0.25) is 0 Å². The number of nitrogens with zero attached hydrogens (tertiary/aromatic N) is 3. The lowest BCUT2D eigenvalue weighted by molar-refractivity contribution is 0.0789. The molecule has 1 aromatic heterocycles. The van der Waals surface area contributed by atoms with Gasteiger partial charge in [-0.3, -0.25) is 4.79 Å². The predicted molar refractivity (Wildman–Crippen MR) is 120 cm³/mol. The van der Waals surface area contributed by atoms with Crippen molar-refractivity contribution in [1.82, 2.24) is 19.2 Å². The van der Waals surface area contributed by atoms with Crippen LogP contribution in [0.5, 0.6) is 5.75 Å². The second-order valence-corrected chi connectivity index (χ2v) is 9.46. The molecule has 1 N–H and O–H groups in total. The average Bonchev–Trinajstić information content (AvgIpc) is 3.49. The molecule has 0 radical (unpaired) electrons. The number of rotatable bonds is 7.